The van der Waals surface area contributed by atoms with Gasteiger partial charge in [0.1, 0.15) is 11.4 Å². The third kappa shape index (κ3) is 2.39. The summed E-state index contributed by atoms with van der Waals surface area (Å²) in [7, 11) is 1.73. The molecule has 0 aromatic carbocycles. The van der Waals surface area contributed by atoms with Crippen LogP contribution in [0.2, 0.25) is 0 Å². The molecule has 1 unspecified atom stereocenters. The monoisotopic (exact) mass is 274 g/mol. The van der Waals surface area contributed by atoms with Crippen molar-refractivity contribution in [3.05, 3.63) is 30.9 Å². The van der Waals surface area contributed by atoms with Gasteiger partial charge in [-0.15, -0.1) is 0 Å². The summed E-state index contributed by atoms with van der Waals surface area (Å²) < 4.78 is 13.2. The van der Waals surface area contributed by atoms with Gasteiger partial charge in [-0.25, -0.2) is 9.97 Å². The van der Waals surface area contributed by atoms with Crippen LogP contribution in [0.1, 0.15) is 6.42 Å². The largest absolute Gasteiger partial charge is 0.384 e. The van der Waals surface area contributed by atoms with E-state index in [2.05, 4.69) is 14.5 Å². The minimum Gasteiger partial charge on any atom is -0.384 e. The lowest BCUT2D eigenvalue weighted by molar-refractivity contribution is -0.0292. The molecule has 3 heterocycles. The zero-order valence-corrected chi connectivity index (χ0v) is 11.5. The number of pyridine rings is 1. The highest BCUT2D eigenvalue weighted by Crippen LogP contribution is 2.28. The van der Waals surface area contributed by atoms with Crippen LogP contribution in [0.25, 0.3) is 11.3 Å². The Labute approximate surface area is 117 Å². The van der Waals surface area contributed by atoms with Crippen LogP contribution in [0.4, 0.5) is 5.82 Å². The van der Waals surface area contributed by atoms with Crippen molar-refractivity contribution < 1.29 is 9.47 Å². The maximum absolute atomic E-state index is 5.75. The van der Waals surface area contributed by atoms with Gasteiger partial charge >= 0.3 is 0 Å². The average Bonchev–Trinajstić information content (AvgIpc) is 3.09. The van der Waals surface area contributed by atoms with Crippen molar-refractivity contribution in [2.75, 3.05) is 26.1 Å². The van der Waals surface area contributed by atoms with Crippen molar-refractivity contribution in [3.8, 4) is 11.3 Å². The van der Waals surface area contributed by atoms with Gasteiger partial charge in [-0.05, 0) is 12.1 Å². The van der Waals surface area contributed by atoms with Crippen molar-refractivity contribution in [1.82, 2.24) is 14.5 Å². The van der Waals surface area contributed by atoms with Gasteiger partial charge in [-0.1, -0.05) is 0 Å². The second-order valence-corrected chi connectivity index (χ2v) is 5.07. The summed E-state index contributed by atoms with van der Waals surface area (Å²) in [5.41, 5.74) is 7.48. The van der Waals surface area contributed by atoms with E-state index < -0.39 is 0 Å². The molecule has 20 heavy (non-hydrogen) atoms. The predicted molar refractivity (Wildman–Crippen MR) is 75.0 cm³/mol. The highest BCUT2D eigenvalue weighted by Gasteiger charge is 2.35. The highest BCUT2D eigenvalue weighted by molar-refractivity contribution is 5.61. The Kier molecular flexibility index (Phi) is 3.42. The Morgan fingerprint density at radius 3 is 3.15 bits per heavy atom. The van der Waals surface area contributed by atoms with Gasteiger partial charge in [0.15, 0.2) is 0 Å². The summed E-state index contributed by atoms with van der Waals surface area (Å²) >= 11 is 0. The van der Waals surface area contributed by atoms with Crippen LogP contribution >= 0.6 is 0 Å². The molecule has 1 aliphatic heterocycles. The van der Waals surface area contributed by atoms with E-state index in [4.69, 9.17) is 15.2 Å². The second kappa shape index (κ2) is 5.22. The van der Waals surface area contributed by atoms with Gasteiger partial charge in [0, 0.05) is 31.9 Å². The number of nitrogen functional groups attached to an aromatic ring is 1. The molecular weight excluding hydrogens is 256 g/mol. The number of rotatable bonds is 4. The summed E-state index contributed by atoms with van der Waals surface area (Å²) in [5, 5.41) is 0. The van der Waals surface area contributed by atoms with Crippen molar-refractivity contribution in [1.29, 1.82) is 0 Å². The zero-order valence-electron chi connectivity index (χ0n) is 11.5. The number of hydrogen-bond donors (Lipinski definition) is 1. The van der Waals surface area contributed by atoms with Gasteiger partial charge in [0.05, 0.1) is 31.4 Å². The van der Waals surface area contributed by atoms with Crippen LogP contribution in [0.15, 0.2) is 30.9 Å². The summed E-state index contributed by atoms with van der Waals surface area (Å²) in [6, 6.07) is 3.77. The van der Waals surface area contributed by atoms with Crippen molar-refractivity contribution in [2.45, 2.75) is 18.6 Å². The van der Waals surface area contributed by atoms with Gasteiger partial charge < -0.3 is 19.8 Å². The fourth-order valence-corrected chi connectivity index (χ4v) is 2.54. The molecule has 6 nitrogen and oxygen atoms in total. The molecule has 0 spiro atoms. The molecule has 1 aliphatic rings. The number of methoxy groups -OCH3 is 1. The Morgan fingerprint density at radius 2 is 2.45 bits per heavy atom. The fraction of sp³-hybridized carbons (Fsp3) is 0.429. The highest BCUT2D eigenvalue weighted by atomic mass is 16.5. The molecule has 1 fully saturated rings. The lowest BCUT2D eigenvalue weighted by Crippen LogP contribution is -2.37. The molecule has 0 saturated carbocycles. The minimum absolute atomic E-state index is 0.270. The quantitative estimate of drug-likeness (QED) is 0.910. The Balaban J connectivity index is 1.90. The summed E-state index contributed by atoms with van der Waals surface area (Å²) in [6.45, 7) is 2.06. The van der Waals surface area contributed by atoms with Crippen molar-refractivity contribution >= 4 is 5.82 Å². The van der Waals surface area contributed by atoms with E-state index >= 15 is 0 Å². The maximum Gasteiger partial charge on any atom is 0.123 e. The van der Waals surface area contributed by atoms with Crippen LogP contribution in [0.3, 0.4) is 0 Å². The van der Waals surface area contributed by atoms with E-state index in [1.165, 1.54) is 0 Å². The first kappa shape index (κ1) is 13.1. The van der Waals surface area contributed by atoms with Crippen LogP contribution in [0.5, 0.6) is 0 Å². The molecule has 0 radical (unpaired) electrons. The number of ether oxygens (including phenoxy) is 2. The molecule has 0 amide bonds. The molecule has 2 aromatic heterocycles. The fourth-order valence-electron chi connectivity index (χ4n) is 2.54. The molecule has 1 atom stereocenters. The molecular formula is C14H18N4O2. The third-order valence-electron chi connectivity index (χ3n) is 3.75. The van der Waals surface area contributed by atoms with Crippen LogP contribution < -0.4 is 5.73 Å². The summed E-state index contributed by atoms with van der Waals surface area (Å²) in [4.78, 5) is 8.26. The Hall–Kier alpha value is -1.92. The topological polar surface area (TPSA) is 75.2 Å². The molecule has 6 heteroatoms. The van der Waals surface area contributed by atoms with E-state index in [9.17, 15) is 0 Å². The smallest absolute Gasteiger partial charge is 0.123 e. The number of hydrogen-bond acceptors (Lipinski definition) is 5. The van der Waals surface area contributed by atoms with Crippen LogP contribution in [0, 0.1) is 0 Å². The molecule has 3 rings (SSSR count). The summed E-state index contributed by atoms with van der Waals surface area (Å²) in [5.74, 6) is 0.501. The van der Waals surface area contributed by atoms with Crippen LogP contribution in [-0.4, -0.2) is 40.5 Å². The average molecular weight is 274 g/mol. The van der Waals surface area contributed by atoms with Gasteiger partial charge in [0.2, 0.25) is 0 Å². The standard InChI is InChI=1S/C14H18N4O2/c1-19-14(3-5-20-9-14)8-18-10-16-7-12(18)11-2-4-17-13(15)6-11/h2,4,6-7,10H,3,5,8-9H2,1H3,(H2,15,17). The SMILES string of the molecule is COC1(Cn2cncc2-c2ccnc(N)c2)CCOC1. The molecule has 0 aliphatic carbocycles. The van der Waals surface area contributed by atoms with E-state index in [0.29, 0.717) is 19.0 Å². The van der Waals surface area contributed by atoms with Crippen molar-refractivity contribution in [3.63, 3.8) is 0 Å². The molecule has 106 valence electrons. The van der Waals surface area contributed by atoms with Gasteiger partial charge in [-0.3, -0.25) is 0 Å². The third-order valence-corrected chi connectivity index (χ3v) is 3.75. The number of anilines is 1. The first-order chi connectivity index (χ1) is 9.72. The molecule has 1 saturated heterocycles. The van der Waals surface area contributed by atoms with Crippen LogP contribution in [-0.2, 0) is 16.0 Å². The summed E-state index contributed by atoms with van der Waals surface area (Å²) in [6.07, 6.45) is 6.23. The molecule has 0 bridgehead atoms. The second-order valence-electron chi connectivity index (χ2n) is 5.07. The van der Waals surface area contributed by atoms with E-state index in [1.54, 1.807) is 13.3 Å². The van der Waals surface area contributed by atoms with Gasteiger partial charge in [-0.2, -0.15) is 0 Å². The Bertz CT molecular complexity index is 590. The lowest BCUT2D eigenvalue weighted by atomic mass is 10.0. The predicted octanol–water partition coefficient (Wildman–Crippen LogP) is 1.33. The molecule has 2 N–H and O–H groups in total. The van der Waals surface area contributed by atoms with Gasteiger partial charge in [0.25, 0.3) is 0 Å². The van der Waals surface area contributed by atoms with E-state index in [-0.39, 0.29) is 5.60 Å². The van der Waals surface area contributed by atoms with Crippen molar-refractivity contribution in [2.24, 2.45) is 0 Å². The minimum atomic E-state index is -0.270. The first-order valence-electron chi connectivity index (χ1n) is 6.57. The number of nitrogens with two attached hydrogens (primary N) is 1. The first-order valence-corrected chi connectivity index (χ1v) is 6.57. The Morgan fingerprint density at radius 1 is 1.55 bits per heavy atom. The number of nitrogens with zero attached hydrogens (tertiary/aromatic N) is 3. The normalized spacial score (nSPS) is 22.2. The molecule has 2 aromatic rings. The van der Waals surface area contributed by atoms with E-state index in [1.807, 2.05) is 24.7 Å². The maximum atomic E-state index is 5.75. The zero-order chi connectivity index (χ0) is 14.0. The number of imidazole rings is 1. The number of aromatic nitrogens is 3. The van der Waals surface area contributed by atoms with E-state index in [0.717, 1.165) is 24.3 Å². The lowest BCUT2D eigenvalue weighted by Gasteiger charge is -2.27.